The highest BCUT2D eigenvalue weighted by Gasteiger charge is 2.01. The Kier molecular flexibility index (Phi) is 4.84. The summed E-state index contributed by atoms with van der Waals surface area (Å²) in [7, 11) is 0. The number of nitrogens with two attached hydrogens (primary N) is 1. The van der Waals surface area contributed by atoms with E-state index in [0.717, 1.165) is 28.4 Å². The monoisotopic (exact) mass is 318 g/mol. The van der Waals surface area contributed by atoms with Gasteiger partial charge in [-0.2, -0.15) is 5.26 Å². The number of hydrogen-bond acceptors (Lipinski definition) is 4. The highest BCUT2D eigenvalue weighted by atomic mass is 14.7. The Balaban J connectivity index is 0.000000141. The van der Waals surface area contributed by atoms with Gasteiger partial charge in [0.15, 0.2) is 0 Å². The summed E-state index contributed by atoms with van der Waals surface area (Å²) in [4.78, 5) is 14.3. The second-order valence-electron chi connectivity index (χ2n) is 5.34. The molecule has 0 saturated carbocycles. The van der Waals surface area contributed by atoms with Gasteiger partial charge in [0.1, 0.15) is 0 Å². The molecule has 6 nitrogen and oxygen atoms in total. The number of pyridine rings is 2. The second kappa shape index (κ2) is 7.40. The molecule has 6 heteroatoms. The molecule has 0 fully saturated rings. The quantitative estimate of drug-likeness (QED) is 0.539. The van der Waals surface area contributed by atoms with Crippen molar-refractivity contribution in [2.75, 3.05) is 6.54 Å². The number of fused-ring (bicyclic) bond motifs is 2. The molecular formula is C18H18N6. The minimum atomic E-state index is 0.436. The third-order valence-corrected chi connectivity index (χ3v) is 3.82. The van der Waals surface area contributed by atoms with Gasteiger partial charge >= 0.3 is 0 Å². The summed E-state index contributed by atoms with van der Waals surface area (Å²) in [6.45, 7) is 0.682. The summed E-state index contributed by atoms with van der Waals surface area (Å²) >= 11 is 0. The minimum Gasteiger partial charge on any atom is -0.361 e. The molecule has 0 atom stereocenters. The Morgan fingerprint density at radius 3 is 2.12 bits per heavy atom. The first kappa shape index (κ1) is 15.7. The summed E-state index contributed by atoms with van der Waals surface area (Å²) in [5.41, 5.74) is 9.91. The Hall–Kier alpha value is -3.17. The number of H-pyrrole nitrogens is 2. The van der Waals surface area contributed by atoms with E-state index in [1.807, 2.05) is 30.7 Å². The van der Waals surface area contributed by atoms with Gasteiger partial charge in [-0.15, -0.1) is 0 Å². The molecule has 0 saturated heterocycles. The molecule has 4 heterocycles. The SMILES string of the molecule is N#CCc1c[nH]c2ccncc12.NCCc1c[nH]c2ccncc12. The molecular weight excluding hydrogens is 300 g/mol. The van der Waals surface area contributed by atoms with E-state index >= 15 is 0 Å². The van der Waals surface area contributed by atoms with Crippen molar-refractivity contribution >= 4 is 21.8 Å². The van der Waals surface area contributed by atoms with Gasteiger partial charge in [0, 0.05) is 59.0 Å². The van der Waals surface area contributed by atoms with Crippen LogP contribution in [0.5, 0.6) is 0 Å². The molecule has 0 bridgehead atoms. The lowest BCUT2D eigenvalue weighted by Crippen LogP contribution is -2.01. The number of nitrogens with zero attached hydrogens (tertiary/aromatic N) is 3. The highest BCUT2D eigenvalue weighted by molar-refractivity contribution is 5.82. The van der Waals surface area contributed by atoms with Gasteiger partial charge in [0.2, 0.25) is 0 Å². The normalized spacial score (nSPS) is 10.3. The van der Waals surface area contributed by atoms with Gasteiger partial charge in [-0.05, 0) is 36.2 Å². The van der Waals surface area contributed by atoms with Crippen molar-refractivity contribution in [1.82, 2.24) is 19.9 Å². The highest BCUT2D eigenvalue weighted by Crippen LogP contribution is 2.16. The van der Waals surface area contributed by atoms with Crippen molar-refractivity contribution in [2.24, 2.45) is 5.73 Å². The van der Waals surface area contributed by atoms with Crippen LogP contribution in [0.3, 0.4) is 0 Å². The van der Waals surface area contributed by atoms with Crippen molar-refractivity contribution in [3.8, 4) is 6.07 Å². The van der Waals surface area contributed by atoms with Gasteiger partial charge in [0.25, 0.3) is 0 Å². The molecule has 0 unspecified atom stereocenters. The summed E-state index contributed by atoms with van der Waals surface area (Å²) in [5, 5.41) is 10.7. The first-order valence-electron chi connectivity index (χ1n) is 7.70. The Bertz CT molecular complexity index is 976. The standard InChI is InChI=1S/C9H11N3.C9H7N3/c2*10-3-1-7-5-12-9-2-4-11-6-8(7)9/h2,4-6,12H,1,3,10H2;2,4-6,12H,1H2. The third kappa shape index (κ3) is 3.26. The average molecular weight is 318 g/mol. The van der Waals surface area contributed by atoms with E-state index in [0.29, 0.717) is 13.0 Å². The van der Waals surface area contributed by atoms with Crippen molar-refractivity contribution in [3.05, 3.63) is 60.4 Å². The average Bonchev–Trinajstić information content (AvgIpc) is 3.22. The Labute approximate surface area is 139 Å². The van der Waals surface area contributed by atoms with E-state index in [9.17, 15) is 0 Å². The van der Waals surface area contributed by atoms with E-state index < -0.39 is 0 Å². The van der Waals surface area contributed by atoms with Gasteiger partial charge < -0.3 is 15.7 Å². The number of nitrogens with one attached hydrogen (secondary N) is 2. The number of hydrogen-bond donors (Lipinski definition) is 3. The zero-order valence-electron chi connectivity index (χ0n) is 13.2. The molecule has 0 amide bonds. The first-order valence-corrected chi connectivity index (χ1v) is 7.70. The largest absolute Gasteiger partial charge is 0.361 e. The van der Waals surface area contributed by atoms with Crippen LogP contribution in [0.25, 0.3) is 21.8 Å². The van der Waals surface area contributed by atoms with Crippen molar-refractivity contribution in [1.29, 1.82) is 5.26 Å². The van der Waals surface area contributed by atoms with Crippen molar-refractivity contribution in [2.45, 2.75) is 12.8 Å². The van der Waals surface area contributed by atoms with Crippen LogP contribution in [0.4, 0.5) is 0 Å². The van der Waals surface area contributed by atoms with Gasteiger partial charge in [-0.1, -0.05) is 0 Å². The van der Waals surface area contributed by atoms with Crippen molar-refractivity contribution < 1.29 is 0 Å². The number of rotatable bonds is 3. The summed E-state index contributed by atoms with van der Waals surface area (Å²) < 4.78 is 0. The predicted octanol–water partition coefficient (Wildman–Crippen LogP) is 2.69. The van der Waals surface area contributed by atoms with Gasteiger partial charge in [-0.25, -0.2) is 0 Å². The van der Waals surface area contributed by atoms with Crippen LogP contribution in [-0.4, -0.2) is 26.5 Å². The van der Waals surface area contributed by atoms with Gasteiger partial charge in [-0.3, -0.25) is 9.97 Å². The Morgan fingerprint density at radius 1 is 0.958 bits per heavy atom. The molecule has 24 heavy (non-hydrogen) atoms. The van der Waals surface area contributed by atoms with E-state index in [1.165, 1.54) is 10.9 Å². The molecule has 4 rings (SSSR count). The summed E-state index contributed by atoms with van der Waals surface area (Å²) in [6.07, 6.45) is 12.4. The fourth-order valence-corrected chi connectivity index (χ4v) is 2.63. The lowest BCUT2D eigenvalue weighted by Gasteiger charge is -1.93. The fourth-order valence-electron chi connectivity index (χ4n) is 2.63. The molecule has 0 aliphatic heterocycles. The van der Waals surface area contributed by atoms with Crippen LogP contribution in [0, 0.1) is 11.3 Å². The predicted molar refractivity (Wildman–Crippen MR) is 94.3 cm³/mol. The smallest absolute Gasteiger partial charge is 0.0670 e. The molecule has 0 radical (unpaired) electrons. The molecule has 4 aromatic rings. The van der Waals surface area contributed by atoms with Crippen LogP contribution in [0.1, 0.15) is 11.1 Å². The van der Waals surface area contributed by atoms with Crippen LogP contribution in [0.15, 0.2) is 49.3 Å². The molecule has 4 aromatic heterocycles. The van der Waals surface area contributed by atoms with Crippen LogP contribution in [-0.2, 0) is 12.8 Å². The van der Waals surface area contributed by atoms with Crippen LogP contribution >= 0.6 is 0 Å². The van der Waals surface area contributed by atoms with Crippen LogP contribution < -0.4 is 5.73 Å². The molecule has 0 aromatic carbocycles. The van der Waals surface area contributed by atoms with Gasteiger partial charge in [0.05, 0.1) is 12.5 Å². The van der Waals surface area contributed by atoms with E-state index in [4.69, 9.17) is 11.0 Å². The second-order valence-corrected chi connectivity index (χ2v) is 5.34. The van der Waals surface area contributed by atoms with E-state index in [-0.39, 0.29) is 0 Å². The fraction of sp³-hybridized carbons (Fsp3) is 0.167. The molecule has 120 valence electrons. The summed E-state index contributed by atoms with van der Waals surface area (Å²) in [6, 6.07) is 5.98. The van der Waals surface area contributed by atoms with E-state index in [1.54, 1.807) is 18.6 Å². The summed E-state index contributed by atoms with van der Waals surface area (Å²) in [5.74, 6) is 0. The number of aromatic amines is 2. The topological polar surface area (TPSA) is 107 Å². The lowest BCUT2D eigenvalue weighted by molar-refractivity contribution is 0.976. The van der Waals surface area contributed by atoms with Crippen molar-refractivity contribution in [3.63, 3.8) is 0 Å². The molecule has 4 N–H and O–H groups in total. The maximum absolute atomic E-state index is 8.51. The molecule has 0 aliphatic rings. The number of aromatic nitrogens is 4. The minimum absolute atomic E-state index is 0.436. The molecule has 0 spiro atoms. The lowest BCUT2D eigenvalue weighted by atomic mass is 10.2. The zero-order chi connectivity index (χ0) is 16.8. The third-order valence-electron chi connectivity index (χ3n) is 3.82. The van der Waals surface area contributed by atoms with E-state index in [2.05, 4.69) is 26.0 Å². The Morgan fingerprint density at radius 2 is 1.54 bits per heavy atom. The maximum atomic E-state index is 8.51. The maximum Gasteiger partial charge on any atom is 0.0670 e. The van der Waals surface area contributed by atoms with Crippen LogP contribution in [0.2, 0.25) is 0 Å². The molecule has 0 aliphatic carbocycles. The first-order chi connectivity index (χ1) is 11.8. The zero-order valence-corrected chi connectivity index (χ0v) is 13.2. The number of nitriles is 1.